The highest BCUT2D eigenvalue weighted by molar-refractivity contribution is 9.11. The van der Waals surface area contributed by atoms with Crippen molar-refractivity contribution < 1.29 is 0 Å². The van der Waals surface area contributed by atoms with Crippen LogP contribution in [0.2, 0.25) is 33.2 Å². The van der Waals surface area contributed by atoms with Crippen LogP contribution in [0, 0.1) is 11.8 Å². The molecule has 0 bridgehead atoms. The molecule has 0 fully saturated rings. The van der Waals surface area contributed by atoms with Crippen molar-refractivity contribution in [2.75, 3.05) is 0 Å². The monoisotopic (exact) mass is 658 g/mol. The molecule has 0 atom stereocenters. The highest BCUT2D eigenvalue weighted by Crippen LogP contribution is 2.44. The minimum absolute atomic E-state index is 0.703. The lowest BCUT2D eigenvalue weighted by atomic mass is 10.4. The Hall–Kier alpha value is 0.354. The normalized spacial score (nSPS) is 13.2. The summed E-state index contributed by atoms with van der Waals surface area (Å²) in [6, 6.07) is 4.81. The maximum atomic E-state index is 3.87. The highest BCUT2D eigenvalue weighted by atomic mass is 79.9. The van der Waals surface area contributed by atoms with Crippen LogP contribution in [0.1, 0.15) is 92.8 Å². The van der Waals surface area contributed by atoms with Gasteiger partial charge in [0.15, 0.2) is 0 Å². The molecule has 0 nitrogen and oxygen atoms in total. The summed E-state index contributed by atoms with van der Waals surface area (Å²) in [4.78, 5) is 2.35. The number of halogens is 2. The Balaban J connectivity index is 2.58. The van der Waals surface area contributed by atoms with Gasteiger partial charge in [-0.1, -0.05) is 83.1 Å². The molecule has 0 aliphatic carbocycles. The molecule has 0 N–H and O–H groups in total. The van der Waals surface area contributed by atoms with E-state index in [0.29, 0.717) is 33.2 Å². The van der Waals surface area contributed by atoms with Crippen LogP contribution in [0.15, 0.2) is 21.1 Å². The van der Waals surface area contributed by atoms with Gasteiger partial charge in [-0.25, -0.2) is 0 Å². The van der Waals surface area contributed by atoms with Crippen molar-refractivity contribution in [2.45, 2.75) is 116 Å². The summed E-state index contributed by atoms with van der Waals surface area (Å²) in [5, 5.41) is 0. The fourth-order valence-electron chi connectivity index (χ4n) is 7.16. The fourth-order valence-corrected chi connectivity index (χ4v) is 28.8. The number of rotatable bonds is 8. The molecule has 0 amide bonds. The molecule has 2 heterocycles. The van der Waals surface area contributed by atoms with Gasteiger partial charge < -0.3 is 0 Å². The summed E-state index contributed by atoms with van der Waals surface area (Å²) >= 11 is 11.6. The molecule has 0 aliphatic rings. The van der Waals surface area contributed by atoms with E-state index >= 15 is 0 Å². The summed E-state index contributed by atoms with van der Waals surface area (Å²) in [5.74, 6) is 7.14. The SMILES string of the molecule is CC(C)[Si](c1cc(Br)c(C#Cc2sc([Si](C(C)C)(C(C)C)C(C)C)cc2Br)s1)(C(C)C)C(C)C. The predicted octanol–water partition coefficient (Wildman–Crippen LogP) is 10.5. The van der Waals surface area contributed by atoms with E-state index in [1.165, 1.54) is 18.7 Å². The minimum atomic E-state index is -1.67. The van der Waals surface area contributed by atoms with Gasteiger partial charge in [0, 0.05) is 8.95 Å². The highest BCUT2D eigenvalue weighted by Gasteiger charge is 2.47. The van der Waals surface area contributed by atoms with E-state index in [-0.39, 0.29) is 0 Å². The largest absolute Gasteiger partial charge is 0.135 e. The van der Waals surface area contributed by atoms with Crippen molar-refractivity contribution in [3.05, 3.63) is 30.8 Å². The molecule has 0 unspecified atom stereocenters. The van der Waals surface area contributed by atoms with Gasteiger partial charge in [0.05, 0.1) is 9.75 Å². The molecular formula is C28H44Br2S2Si2. The average Bonchev–Trinajstić information content (AvgIpc) is 3.21. The third-order valence-corrected chi connectivity index (χ3v) is 27.9. The first-order chi connectivity index (χ1) is 15.6. The van der Waals surface area contributed by atoms with Gasteiger partial charge in [0.2, 0.25) is 0 Å². The van der Waals surface area contributed by atoms with Crippen LogP contribution in [0.4, 0.5) is 0 Å². The Bertz CT molecular complexity index is 909. The molecule has 0 aromatic carbocycles. The Morgan fingerprint density at radius 1 is 0.529 bits per heavy atom. The summed E-state index contributed by atoms with van der Waals surface area (Å²) in [7, 11) is -3.34. The fraction of sp³-hybridized carbons (Fsp3) is 0.643. The van der Waals surface area contributed by atoms with Crippen molar-refractivity contribution in [2.24, 2.45) is 0 Å². The lowest BCUT2D eigenvalue weighted by Gasteiger charge is -2.42. The van der Waals surface area contributed by atoms with Crippen LogP contribution in [0.5, 0.6) is 0 Å². The number of hydrogen-bond donors (Lipinski definition) is 0. The van der Waals surface area contributed by atoms with Crippen LogP contribution < -0.4 is 9.00 Å². The standard InChI is InChI=1S/C28H44Br2S2Si2/c1-17(2)33(18(3)4,19(5)6)27-15-23(29)25(31-27)13-14-26-24(30)16-28(32-26)34(20(7)8,21(9)10)22(11)12/h15-22H,1-12H3. The summed E-state index contributed by atoms with van der Waals surface area (Å²) < 4.78 is 5.53. The predicted molar refractivity (Wildman–Crippen MR) is 171 cm³/mol. The zero-order chi connectivity index (χ0) is 26.2. The van der Waals surface area contributed by atoms with E-state index < -0.39 is 16.1 Å². The first-order valence-corrected chi connectivity index (χ1v) is 20.4. The van der Waals surface area contributed by atoms with Gasteiger partial charge in [0.1, 0.15) is 16.1 Å². The third-order valence-electron chi connectivity index (χ3n) is 8.25. The van der Waals surface area contributed by atoms with Crippen molar-refractivity contribution in [1.29, 1.82) is 0 Å². The quantitative estimate of drug-likeness (QED) is 0.195. The zero-order valence-electron chi connectivity index (χ0n) is 23.2. The maximum absolute atomic E-state index is 3.87. The summed E-state index contributed by atoms with van der Waals surface area (Å²) in [5.41, 5.74) is 4.22. The molecule has 190 valence electrons. The van der Waals surface area contributed by atoms with Crippen LogP contribution >= 0.6 is 54.5 Å². The van der Waals surface area contributed by atoms with E-state index in [1.807, 2.05) is 22.7 Å². The Kier molecular flexibility index (Phi) is 10.6. The molecule has 0 spiro atoms. The Morgan fingerprint density at radius 3 is 0.971 bits per heavy atom. The van der Waals surface area contributed by atoms with Crippen LogP contribution in [0.25, 0.3) is 0 Å². The molecule has 0 radical (unpaired) electrons. The lowest BCUT2D eigenvalue weighted by Crippen LogP contribution is -2.54. The van der Waals surface area contributed by atoms with Crippen LogP contribution in [0.3, 0.4) is 0 Å². The van der Waals surface area contributed by atoms with E-state index in [0.717, 1.165) is 0 Å². The smallest absolute Gasteiger partial charge is 0.107 e. The van der Waals surface area contributed by atoms with Gasteiger partial charge in [-0.3, -0.25) is 0 Å². The Morgan fingerprint density at radius 2 is 0.765 bits per heavy atom. The second-order valence-electron chi connectivity index (χ2n) is 11.6. The van der Waals surface area contributed by atoms with Crippen molar-refractivity contribution in [1.82, 2.24) is 0 Å². The molecule has 2 aromatic heterocycles. The molecule has 0 saturated carbocycles. The van der Waals surface area contributed by atoms with Crippen molar-refractivity contribution in [3.63, 3.8) is 0 Å². The number of thiophene rings is 2. The average molecular weight is 661 g/mol. The van der Waals surface area contributed by atoms with Crippen LogP contribution in [-0.4, -0.2) is 16.1 Å². The summed E-state index contributed by atoms with van der Waals surface area (Å²) in [6.45, 7) is 29.2. The molecular weight excluding hydrogens is 616 g/mol. The van der Waals surface area contributed by atoms with Gasteiger partial charge in [-0.15, -0.1) is 22.7 Å². The van der Waals surface area contributed by atoms with E-state index in [9.17, 15) is 0 Å². The molecule has 2 rings (SSSR count). The van der Waals surface area contributed by atoms with Gasteiger partial charge in [-0.05, 0) is 98.1 Å². The first-order valence-electron chi connectivity index (χ1n) is 12.8. The van der Waals surface area contributed by atoms with E-state index in [2.05, 4.69) is 139 Å². The number of hydrogen-bond acceptors (Lipinski definition) is 2. The van der Waals surface area contributed by atoms with Gasteiger partial charge in [-0.2, -0.15) is 0 Å². The summed E-state index contributed by atoms with van der Waals surface area (Å²) in [6.07, 6.45) is 0. The molecule has 0 saturated heterocycles. The molecule has 2 aromatic rings. The van der Waals surface area contributed by atoms with Crippen LogP contribution in [-0.2, 0) is 0 Å². The third kappa shape index (κ3) is 5.32. The van der Waals surface area contributed by atoms with E-state index in [1.54, 1.807) is 9.00 Å². The second-order valence-corrected chi connectivity index (χ2v) is 27.9. The van der Waals surface area contributed by atoms with Crippen molar-refractivity contribution in [3.8, 4) is 11.8 Å². The second kappa shape index (κ2) is 11.8. The molecule has 0 aliphatic heterocycles. The minimum Gasteiger partial charge on any atom is -0.135 e. The molecule has 34 heavy (non-hydrogen) atoms. The first kappa shape index (κ1) is 30.6. The van der Waals surface area contributed by atoms with Gasteiger partial charge in [0.25, 0.3) is 0 Å². The van der Waals surface area contributed by atoms with Crippen molar-refractivity contribution >= 4 is 79.7 Å². The van der Waals surface area contributed by atoms with E-state index in [4.69, 9.17) is 0 Å². The molecule has 6 heteroatoms. The Labute approximate surface area is 237 Å². The maximum Gasteiger partial charge on any atom is 0.107 e. The lowest BCUT2D eigenvalue weighted by molar-refractivity contribution is 0.837. The van der Waals surface area contributed by atoms with Gasteiger partial charge >= 0.3 is 0 Å². The zero-order valence-corrected chi connectivity index (χ0v) is 30.0. The topological polar surface area (TPSA) is 0 Å².